The number of hydrogen-bond donors (Lipinski definition) is 0. The van der Waals surface area contributed by atoms with E-state index in [-0.39, 0.29) is 5.82 Å². The van der Waals surface area contributed by atoms with Crippen LogP contribution in [0.5, 0.6) is 0 Å². The van der Waals surface area contributed by atoms with Gasteiger partial charge in [0.15, 0.2) is 0 Å². The van der Waals surface area contributed by atoms with Crippen molar-refractivity contribution in [3.63, 3.8) is 0 Å². The molecule has 0 N–H and O–H groups in total. The minimum Gasteiger partial charge on any atom is -0.299 e. The predicted molar refractivity (Wildman–Crippen MR) is 102 cm³/mol. The van der Waals surface area contributed by atoms with E-state index >= 15 is 0 Å². The molecule has 0 radical (unpaired) electrons. The SMILES string of the molecule is Cc1nn(-c2ccc(F)cc2)c(C)c1CN1CCCC(N2CCCC2)C1. The Morgan fingerprint density at radius 3 is 2.50 bits per heavy atom. The lowest BCUT2D eigenvalue weighted by atomic mass is 10.0. The maximum absolute atomic E-state index is 13.2. The van der Waals surface area contributed by atoms with E-state index in [0.29, 0.717) is 0 Å². The Balaban J connectivity index is 1.50. The van der Waals surface area contributed by atoms with Gasteiger partial charge in [0.2, 0.25) is 0 Å². The van der Waals surface area contributed by atoms with Gasteiger partial charge in [-0.15, -0.1) is 0 Å². The lowest BCUT2D eigenvalue weighted by Gasteiger charge is -2.37. The highest BCUT2D eigenvalue weighted by atomic mass is 19.1. The van der Waals surface area contributed by atoms with Crippen LogP contribution < -0.4 is 0 Å². The van der Waals surface area contributed by atoms with E-state index in [1.165, 1.54) is 69.6 Å². The molecule has 5 heteroatoms. The molecule has 0 bridgehead atoms. The van der Waals surface area contributed by atoms with E-state index in [9.17, 15) is 4.39 Å². The number of halogens is 1. The van der Waals surface area contributed by atoms with E-state index in [4.69, 9.17) is 5.10 Å². The molecule has 3 heterocycles. The third-order valence-corrected chi connectivity index (χ3v) is 6.03. The second-order valence-corrected chi connectivity index (χ2v) is 7.81. The summed E-state index contributed by atoms with van der Waals surface area (Å²) in [4.78, 5) is 5.28. The van der Waals surface area contributed by atoms with Gasteiger partial charge in [0.25, 0.3) is 0 Å². The summed E-state index contributed by atoms with van der Waals surface area (Å²) in [5.41, 5.74) is 4.48. The van der Waals surface area contributed by atoms with Gasteiger partial charge in [-0.1, -0.05) is 0 Å². The molecule has 2 aliphatic rings. The molecule has 1 aromatic carbocycles. The maximum atomic E-state index is 13.2. The van der Waals surface area contributed by atoms with Gasteiger partial charge < -0.3 is 0 Å². The van der Waals surface area contributed by atoms with Gasteiger partial charge in [-0.05, 0) is 83.4 Å². The third kappa shape index (κ3) is 3.55. The number of nitrogens with zero attached hydrogens (tertiary/aromatic N) is 4. The van der Waals surface area contributed by atoms with E-state index in [0.717, 1.165) is 29.7 Å². The molecule has 0 amide bonds. The molecule has 1 atom stereocenters. The number of aromatic nitrogens is 2. The highest BCUT2D eigenvalue weighted by molar-refractivity contribution is 5.37. The Labute approximate surface area is 155 Å². The van der Waals surface area contributed by atoms with Crippen LogP contribution >= 0.6 is 0 Å². The van der Waals surface area contributed by atoms with Crippen LogP contribution in [0.2, 0.25) is 0 Å². The van der Waals surface area contributed by atoms with Gasteiger partial charge in [0.05, 0.1) is 11.4 Å². The largest absolute Gasteiger partial charge is 0.299 e. The summed E-state index contributed by atoms with van der Waals surface area (Å²) in [5, 5.41) is 4.73. The summed E-state index contributed by atoms with van der Waals surface area (Å²) in [7, 11) is 0. The van der Waals surface area contributed by atoms with Crippen molar-refractivity contribution in [1.29, 1.82) is 0 Å². The van der Waals surface area contributed by atoms with E-state index in [1.807, 2.05) is 4.68 Å². The summed E-state index contributed by atoms with van der Waals surface area (Å²) < 4.78 is 15.2. The molecule has 1 unspecified atom stereocenters. The summed E-state index contributed by atoms with van der Waals surface area (Å²) in [5.74, 6) is -0.211. The van der Waals surface area contributed by atoms with Crippen LogP contribution in [0.3, 0.4) is 0 Å². The predicted octanol–water partition coefficient (Wildman–Crippen LogP) is 3.69. The average Bonchev–Trinajstić information content (AvgIpc) is 3.27. The van der Waals surface area contributed by atoms with Crippen LogP contribution in [-0.4, -0.2) is 51.8 Å². The topological polar surface area (TPSA) is 24.3 Å². The quantitative estimate of drug-likeness (QED) is 0.835. The summed E-state index contributed by atoms with van der Waals surface area (Å²) in [6.07, 6.45) is 5.34. The molecule has 2 aromatic rings. The fraction of sp³-hybridized carbons (Fsp3) is 0.571. The summed E-state index contributed by atoms with van der Waals surface area (Å²) >= 11 is 0. The van der Waals surface area contributed by atoms with E-state index in [1.54, 1.807) is 12.1 Å². The Morgan fingerprint density at radius 2 is 1.77 bits per heavy atom. The number of hydrogen-bond acceptors (Lipinski definition) is 3. The minimum absolute atomic E-state index is 0.211. The molecule has 0 spiro atoms. The van der Waals surface area contributed by atoms with Crippen molar-refractivity contribution in [2.75, 3.05) is 26.2 Å². The van der Waals surface area contributed by atoms with Crippen molar-refractivity contribution in [3.8, 4) is 5.69 Å². The van der Waals surface area contributed by atoms with Gasteiger partial charge in [-0.2, -0.15) is 5.10 Å². The van der Waals surface area contributed by atoms with Gasteiger partial charge >= 0.3 is 0 Å². The van der Waals surface area contributed by atoms with Gasteiger partial charge in [-0.3, -0.25) is 9.80 Å². The van der Waals surface area contributed by atoms with Crippen LogP contribution in [-0.2, 0) is 6.54 Å². The Bertz CT molecular complexity index is 746. The summed E-state index contributed by atoms with van der Waals surface area (Å²) in [6, 6.07) is 7.30. The first-order valence-corrected chi connectivity index (χ1v) is 9.89. The number of likely N-dealkylation sites (tertiary alicyclic amines) is 2. The molecule has 1 aromatic heterocycles. The highest BCUT2D eigenvalue weighted by Crippen LogP contribution is 2.24. The van der Waals surface area contributed by atoms with Crippen LogP contribution in [0, 0.1) is 19.7 Å². The number of piperidine rings is 1. The maximum Gasteiger partial charge on any atom is 0.123 e. The Kier molecular flexibility index (Phi) is 5.09. The van der Waals surface area contributed by atoms with Crippen LogP contribution in [0.15, 0.2) is 24.3 Å². The molecule has 2 saturated heterocycles. The van der Waals surface area contributed by atoms with Crippen molar-refractivity contribution < 1.29 is 4.39 Å². The smallest absolute Gasteiger partial charge is 0.123 e. The molecule has 4 nitrogen and oxygen atoms in total. The Morgan fingerprint density at radius 1 is 1.04 bits per heavy atom. The van der Waals surface area contributed by atoms with Gasteiger partial charge in [0, 0.05) is 30.4 Å². The van der Waals surface area contributed by atoms with Crippen LogP contribution in [0.1, 0.15) is 42.6 Å². The average molecular weight is 356 g/mol. The molecule has 4 rings (SSSR count). The zero-order valence-electron chi connectivity index (χ0n) is 15.9. The van der Waals surface area contributed by atoms with Crippen LogP contribution in [0.4, 0.5) is 4.39 Å². The fourth-order valence-electron chi connectivity index (χ4n) is 4.54. The fourth-order valence-corrected chi connectivity index (χ4v) is 4.54. The lowest BCUT2D eigenvalue weighted by Crippen LogP contribution is -2.46. The molecule has 0 aliphatic carbocycles. The third-order valence-electron chi connectivity index (χ3n) is 6.03. The van der Waals surface area contributed by atoms with Crippen molar-refractivity contribution in [1.82, 2.24) is 19.6 Å². The first-order chi connectivity index (χ1) is 12.6. The number of aryl methyl sites for hydroxylation is 1. The molecular formula is C21H29FN4. The van der Waals surface area contributed by atoms with E-state index < -0.39 is 0 Å². The first kappa shape index (κ1) is 17.7. The van der Waals surface area contributed by atoms with E-state index in [2.05, 4.69) is 23.6 Å². The molecule has 140 valence electrons. The number of benzene rings is 1. The molecule has 2 fully saturated rings. The van der Waals surface area contributed by atoms with Crippen molar-refractivity contribution in [2.45, 2.75) is 52.1 Å². The minimum atomic E-state index is -0.211. The Hall–Kier alpha value is -1.72. The summed E-state index contributed by atoms with van der Waals surface area (Å²) in [6.45, 7) is 10.1. The van der Waals surface area contributed by atoms with Gasteiger partial charge in [0.1, 0.15) is 5.82 Å². The monoisotopic (exact) mass is 356 g/mol. The number of rotatable bonds is 4. The second-order valence-electron chi connectivity index (χ2n) is 7.81. The lowest BCUT2D eigenvalue weighted by molar-refractivity contribution is 0.110. The molecule has 2 aliphatic heterocycles. The van der Waals surface area contributed by atoms with Crippen molar-refractivity contribution >= 4 is 0 Å². The second kappa shape index (κ2) is 7.49. The van der Waals surface area contributed by atoms with Gasteiger partial charge in [-0.25, -0.2) is 9.07 Å². The molecule has 0 saturated carbocycles. The van der Waals surface area contributed by atoms with Crippen molar-refractivity contribution in [3.05, 3.63) is 47.0 Å². The zero-order chi connectivity index (χ0) is 18.1. The first-order valence-electron chi connectivity index (χ1n) is 9.89. The van der Waals surface area contributed by atoms with Crippen LogP contribution in [0.25, 0.3) is 5.69 Å². The standard InChI is InChI=1S/C21H29FN4/c1-16-21(17(2)26(23-16)19-9-7-18(22)8-10-19)15-24-11-5-6-20(14-24)25-12-3-4-13-25/h7-10,20H,3-6,11-15H2,1-2H3. The molecular weight excluding hydrogens is 327 g/mol. The highest BCUT2D eigenvalue weighted by Gasteiger charge is 2.28. The van der Waals surface area contributed by atoms with Crippen molar-refractivity contribution in [2.24, 2.45) is 0 Å². The normalized spacial score (nSPS) is 22.2. The zero-order valence-corrected chi connectivity index (χ0v) is 15.9. The molecule has 26 heavy (non-hydrogen) atoms.